The van der Waals surface area contributed by atoms with Crippen molar-refractivity contribution in [2.75, 3.05) is 13.7 Å². The molecule has 13 heteroatoms. The number of methoxy groups -OCH3 is 1. The minimum atomic E-state index is -1.74. The normalized spacial score (nSPS) is 18.4. The van der Waals surface area contributed by atoms with Crippen LogP contribution in [0.1, 0.15) is 66.4 Å². The summed E-state index contributed by atoms with van der Waals surface area (Å²) in [5.41, 5.74) is 8.12. The minimum Gasteiger partial charge on any atom is -0.466 e. The molecule has 44 heavy (non-hydrogen) atoms. The van der Waals surface area contributed by atoms with Crippen molar-refractivity contribution < 1.29 is 33.4 Å². The number of benzene rings is 1. The van der Waals surface area contributed by atoms with E-state index in [2.05, 4.69) is 26.0 Å². The number of nitrogens with one attached hydrogen (secondary N) is 3. The van der Waals surface area contributed by atoms with Crippen molar-refractivity contribution in [1.82, 2.24) is 16.0 Å². The molecule has 5 atom stereocenters. The molecule has 242 valence electrons. The Labute approximate surface area is 258 Å². The fourth-order valence-corrected chi connectivity index (χ4v) is 4.89. The summed E-state index contributed by atoms with van der Waals surface area (Å²) in [7, 11) is 1.16. The first-order valence-electron chi connectivity index (χ1n) is 15.0. The summed E-state index contributed by atoms with van der Waals surface area (Å²) < 4.78 is 9.96. The van der Waals surface area contributed by atoms with Crippen molar-refractivity contribution in [1.29, 1.82) is 0 Å². The van der Waals surface area contributed by atoms with Crippen LogP contribution in [0, 0.1) is 17.8 Å². The Morgan fingerprint density at radius 2 is 1.30 bits per heavy atom. The van der Waals surface area contributed by atoms with Crippen LogP contribution in [0.15, 0.2) is 35.4 Å². The number of amides is 3. The number of carbonyl (C=O) groups is 5. The van der Waals surface area contributed by atoms with Crippen LogP contribution in [0.5, 0.6) is 0 Å². The van der Waals surface area contributed by atoms with E-state index in [4.69, 9.17) is 15.0 Å². The molecule has 1 heterocycles. The lowest BCUT2D eigenvalue weighted by Crippen LogP contribution is -2.58. The molecule has 2 rings (SSSR count). The highest BCUT2D eigenvalue weighted by Gasteiger charge is 2.62. The molecule has 1 aromatic carbocycles. The molecule has 0 bridgehead atoms. The van der Waals surface area contributed by atoms with Crippen molar-refractivity contribution in [2.24, 2.45) is 22.9 Å². The van der Waals surface area contributed by atoms with Gasteiger partial charge in [-0.15, -0.1) is 0 Å². The smallest absolute Gasteiger partial charge is 0.348 e. The maximum atomic E-state index is 13.6. The van der Waals surface area contributed by atoms with E-state index >= 15 is 0 Å². The second-order valence-corrected chi connectivity index (χ2v) is 12.5. The summed E-state index contributed by atoms with van der Waals surface area (Å²) in [6.07, 6.45) is 0.891. The number of ether oxygens (including phenoxy) is 2. The van der Waals surface area contributed by atoms with Gasteiger partial charge in [0.25, 0.3) is 0 Å². The SMILES string of the molecule is COC(=O)[C@]1(C(=O)[C@@H](CC(C)C)NC(=O)[C@H](CC(C)C)NC(=O)[C@H](CC(C)C)NC(=O)[C@H](Cc2ccccc2)N=[N+]=[N-])CO1. The van der Waals surface area contributed by atoms with E-state index in [1.807, 2.05) is 59.7 Å². The Morgan fingerprint density at radius 1 is 0.841 bits per heavy atom. The number of Topliss-reactive ketones (excluding diaryl/α,β-unsaturated/α-hetero) is 1. The fourth-order valence-electron chi connectivity index (χ4n) is 4.89. The van der Waals surface area contributed by atoms with Crippen molar-refractivity contribution in [3.63, 3.8) is 0 Å². The average Bonchev–Trinajstić information content (AvgIpc) is 3.77. The number of carbonyl (C=O) groups excluding carboxylic acids is 5. The zero-order valence-corrected chi connectivity index (χ0v) is 26.7. The van der Waals surface area contributed by atoms with Gasteiger partial charge in [0.15, 0.2) is 0 Å². The largest absolute Gasteiger partial charge is 0.466 e. The van der Waals surface area contributed by atoms with Crippen LogP contribution in [-0.2, 0) is 39.9 Å². The van der Waals surface area contributed by atoms with Crippen LogP contribution in [0.4, 0.5) is 0 Å². The summed E-state index contributed by atoms with van der Waals surface area (Å²) >= 11 is 0. The fraction of sp³-hybridized carbons (Fsp3) is 0.645. The van der Waals surface area contributed by atoms with Gasteiger partial charge in [0.1, 0.15) is 18.1 Å². The predicted molar refractivity (Wildman–Crippen MR) is 163 cm³/mol. The molecule has 0 radical (unpaired) electrons. The summed E-state index contributed by atoms with van der Waals surface area (Å²) in [5, 5.41) is 11.9. The molecule has 1 aromatic rings. The number of nitrogens with zero attached hydrogens (tertiary/aromatic N) is 3. The first-order valence-corrected chi connectivity index (χ1v) is 15.0. The van der Waals surface area contributed by atoms with Crippen molar-refractivity contribution in [3.8, 4) is 0 Å². The molecule has 0 aromatic heterocycles. The van der Waals surface area contributed by atoms with E-state index in [9.17, 15) is 24.0 Å². The van der Waals surface area contributed by atoms with Crippen molar-refractivity contribution in [3.05, 3.63) is 46.3 Å². The second-order valence-electron chi connectivity index (χ2n) is 12.5. The summed E-state index contributed by atoms with van der Waals surface area (Å²) in [6, 6.07) is 4.86. The van der Waals surface area contributed by atoms with Gasteiger partial charge in [0.05, 0.1) is 19.8 Å². The van der Waals surface area contributed by atoms with E-state index in [1.54, 1.807) is 12.1 Å². The third kappa shape index (κ3) is 10.6. The highest BCUT2D eigenvalue weighted by Crippen LogP contribution is 2.32. The molecule has 0 unspecified atom stereocenters. The maximum Gasteiger partial charge on any atom is 0.348 e. The monoisotopic (exact) mass is 614 g/mol. The molecule has 0 aliphatic carbocycles. The average molecular weight is 615 g/mol. The Balaban J connectivity index is 2.25. The van der Waals surface area contributed by atoms with Gasteiger partial charge in [-0.25, -0.2) is 4.79 Å². The topological polar surface area (TPSA) is 192 Å². The number of azide groups is 1. The first-order chi connectivity index (χ1) is 20.7. The van der Waals surface area contributed by atoms with Crippen LogP contribution in [0.2, 0.25) is 0 Å². The zero-order valence-electron chi connectivity index (χ0n) is 26.7. The summed E-state index contributed by atoms with van der Waals surface area (Å²) in [4.78, 5) is 68.8. The van der Waals surface area contributed by atoms with Gasteiger partial charge in [0.2, 0.25) is 29.1 Å². The lowest BCUT2D eigenvalue weighted by atomic mass is 9.91. The number of esters is 1. The number of rotatable bonds is 18. The van der Waals surface area contributed by atoms with Crippen LogP contribution in [0.3, 0.4) is 0 Å². The Bertz CT molecular complexity index is 1210. The van der Waals surface area contributed by atoms with E-state index in [0.29, 0.717) is 0 Å². The Morgan fingerprint density at radius 3 is 1.73 bits per heavy atom. The summed E-state index contributed by atoms with van der Waals surface area (Å²) in [5.74, 6) is -3.26. The maximum absolute atomic E-state index is 13.6. The minimum absolute atomic E-state index is 0.00318. The molecule has 1 fully saturated rings. The zero-order chi connectivity index (χ0) is 33.0. The molecular weight excluding hydrogens is 568 g/mol. The Hall–Kier alpha value is -3.96. The highest BCUT2D eigenvalue weighted by atomic mass is 16.6. The van der Waals surface area contributed by atoms with E-state index in [0.717, 1.165) is 12.7 Å². The lowest BCUT2D eigenvalue weighted by molar-refractivity contribution is -0.152. The number of hydrogen-bond acceptors (Lipinski definition) is 8. The third-order valence-electron chi connectivity index (χ3n) is 7.13. The molecule has 3 N–H and O–H groups in total. The number of hydrogen-bond donors (Lipinski definition) is 3. The second kappa shape index (κ2) is 16.8. The highest BCUT2D eigenvalue weighted by molar-refractivity contribution is 6.13. The molecule has 0 spiro atoms. The Kier molecular flexibility index (Phi) is 13.8. The number of ketones is 1. The van der Waals surface area contributed by atoms with Gasteiger partial charge >= 0.3 is 5.97 Å². The van der Waals surface area contributed by atoms with E-state index in [-0.39, 0.29) is 50.0 Å². The molecule has 0 saturated carbocycles. The van der Waals surface area contributed by atoms with E-state index in [1.165, 1.54) is 0 Å². The van der Waals surface area contributed by atoms with Gasteiger partial charge in [-0.1, -0.05) is 77.0 Å². The van der Waals surface area contributed by atoms with Gasteiger partial charge in [-0.05, 0) is 54.5 Å². The van der Waals surface area contributed by atoms with Gasteiger partial charge < -0.3 is 25.4 Å². The standard InChI is InChI=1S/C31H46N6O7/c1-18(2)13-22(26(38)31(17-44-31)30(42)43-7)33-27(39)23(14-19(3)4)34-28(40)24(15-20(5)6)35-29(41)25(36-37-32)16-21-11-9-8-10-12-21/h8-12,18-20,22-25H,13-17H2,1-7H3,(H,33,39)(H,34,40)(H,35,41)/t22-,23+,24+,25+,31-/m1/s1. The third-order valence-corrected chi connectivity index (χ3v) is 7.13. The van der Waals surface area contributed by atoms with Crippen LogP contribution < -0.4 is 16.0 Å². The molecule has 13 nitrogen and oxygen atoms in total. The van der Waals surface area contributed by atoms with Crippen LogP contribution in [0.25, 0.3) is 10.4 Å². The molecule has 3 amide bonds. The lowest BCUT2D eigenvalue weighted by Gasteiger charge is -2.28. The molecule has 1 aliphatic rings. The predicted octanol–water partition coefficient (Wildman–Crippen LogP) is 3.01. The van der Waals surface area contributed by atoms with Crippen LogP contribution >= 0.6 is 0 Å². The van der Waals surface area contributed by atoms with Gasteiger partial charge in [-0.2, -0.15) is 0 Å². The first kappa shape index (κ1) is 36.2. The molecular formula is C31H46N6O7. The summed E-state index contributed by atoms with van der Waals surface area (Å²) in [6.45, 7) is 11.2. The van der Waals surface area contributed by atoms with Gasteiger partial charge in [0, 0.05) is 4.91 Å². The van der Waals surface area contributed by atoms with Crippen molar-refractivity contribution in [2.45, 2.75) is 97.0 Å². The van der Waals surface area contributed by atoms with Crippen LogP contribution in [-0.4, -0.2) is 73.0 Å². The van der Waals surface area contributed by atoms with Crippen molar-refractivity contribution >= 4 is 29.5 Å². The molecule has 1 saturated heterocycles. The number of epoxide rings is 1. The quantitative estimate of drug-likeness (QED) is 0.0565. The van der Waals surface area contributed by atoms with Gasteiger partial charge in [-0.3, -0.25) is 19.2 Å². The molecule has 1 aliphatic heterocycles. The van der Waals surface area contributed by atoms with E-state index < -0.39 is 59.2 Å².